The molecule has 2 atom stereocenters. The standard InChI is InChI=1S/C29H42F2N6O3/c1-19-21-18-35-27(26-32-12-9-13-33-26)36-23(21)10-14-37(19)20-16-22(30)25(31)24(17-20)39-15-8-6-5-7-11-34-28(38)40-29(2,3)4/h9,12,16-17,19,27,35-36H,5-8,10-11,13-15,18H2,1-4H3,(H,32,33)(H,34,38). The summed E-state index contributed by atoms with van der Waals surface area (Å²) in [4.78, 5) is 18.3. The van der Waals surface area contributed by atoms with Crippen LogP contribution < -0.4 is 30.9 Å². The third kappa shape index (κ3) is 7.87. The number of benzene rings is 1. The monoisotopic (exact) mass is 560 g/mol. The molecule has 1 aromatic rings. The fourth-order valence-electron chi connectivity index (χ4n) is 5.06. The number of carbonyl (C=O) groups is 1. The number of amidine groups is 1. The minimum atomic E-state index is -0.964. The Kier molecular flexibility index (Phi) is 9.89. The highest BCUT2D eigenvalue weighted by Crippen LogP contribution is 2.33. The predicted octanol–water partition coefficient (Wildman–Crippen LogP) is 4.32. The highest BCUT2D eigenvalue weighted by atomic mass is 19.2. The summed E-state index contributed by atoms with van der Waals surface area (Å²) in [5, 5.41) is 13.0. The number of hydrogen-bond acceptors (Lipinski definition) is 8. The number of aliphatic imine (C=N–C) groups is 1. The number of unbranched alkanes of at least 4 members (excludes halogenated alkanes) is 3. The molecule has 0 fully saturated rings. The van der Waals surface area contributed by atoms with Crippen molar-refractivity contribution in [3.8, 4) is 5.75 Å². The lowest BCUT2D eigenvalue weighted by Gasteiger charge is -2.43. The summed E-state index contributed by atoms with van der Waals surface area (Å²) in [6.45, 7) is 10.4. The average molecular weight is 561 g/mol. The van der Waals surface area contributed by atoms with Crippen molar-refractivity contribution in [3.63, 3.8) is 0 Å². The van der Waals surface area contributed by atoms with Crippen LogP contribution in [0.2, 0.25) is 0 Å². The number of rotatable bonds is 10. The smallest absolute Gasteiger partial charge is 0.407 e. The Morgan fingerprint density at radius 3 is 2.75 bits per heavy atom. The number of carbonyl (C=O) groups excluding carboxylic acids is 1. The van der Waals surface area contributed by atoms with Crippen molar-refractivity contribution in [2.24, 2.45) is 4.99 Å². The van der Waals surface area contributed by atoms with Crippen molar-refractivity contribution < 1.29 is 23.0 Å². The van der Waals surface area contributed by atoms with Gasteiger partial charge in [-0.3, -0.25) is 10.3 Å². The molecular weight excluding hydrogens is 518 g/mol. The molecule has 9 nitrogen and oxygen atoms in total. The molecule has 0 bridgehead atoms. The Morgan fingerprint density at radius 2 is 2.00 bits per heavy atom. The van der Waals surface area contributed by atoms with Crippen LogP contribution in [0.3, 0.4) is 0 Å². The van der Waals surface area contributed by atoms with Crippen molar-refractivity contribution in [2.75, 3.05) is 37.7 Å². The van der Waals surface area contributed by atoms with Crippen LogP contribution in [0.5, 0.6) is 5.75 Å². The maximum Gasteiger partial charge on any atom is 0.407 e. The molecule has 2 unspecified atom stereocenters. The largest absolute Gasteiger partial charge is 0.490 e. The number of anilines is 1. The van der Waals surface area contributed by atoms with E-state index in [1.54, 1.807) is 6.07 Å². The van der Waals surface area contributed by atoms with Crippen LogP contribution in [0.4, 0.5) is 19.3 Å². The van der Waals surface area contributed by atoms with Crippen LogP contribution in [-0.2, 0) is 4.74 Å². The van der Waals surface area contributed by atoms with Crippen LogP contribution in [-0.4, -0.2) is 62.5 Å². The zero-order valence-corrected chi connectivity index (χ0v) is 23.9. The number of halogens is 2. The van der Waals surface area contributed by atoms with Gasteiger partial charge in [0, 0.05) is 55.8 Å². The minimum absolute atomic E-state index is 0.00199. The van der Waals surface area contributed by atoms with E-state index >= 15 is 0 Å². The van der Waals surface area contributed by atoms with Gasteiger partial charge in [-0.1, -0.05) is 12.8 Å². The SMILES string of the molecule is CC1C2=C(CCN1c1cc(F)c(F)c(OCCCCCCNC(=O)OC(C)(C)C)c1)NC(C1=NCC=CN1)NC2. The number of nitrogens with zero attached hydrogens (tertiary/aromatic N) is 2. The minimum Gasteiger partial charge on any atom is -0.490 e. The van der Waals surface area contributed by atoms with E-state index in [1.807, 2.05) is 33.0 Å². The Hall–Kier alpha value is -3.34. The van der Waals surface area contributed by atoms with Gasteiger partial charge in [0.2, 0.25) is 5.82 Å². The van der Waals surface area contributed by atoms with E-state index in [-0.39, 0.29) is 24.6 Å². The van der Waals surface area contributed by atoms with Crippen molar-refractivity contribution in [3.05, 3.63) is 47.3 Å². The molecule has 1 aromatic carbocycles. The van der Waals surface area contributed by atoms with Crippen molar-refractivity contribution in [2.45, 2.75) is 77.6 Å². The van der Waals surface area contributed by atoms with E-state index in [0.717, 1.165) is 31.5 Å². The van der Waals surface area contributed by atoms with Crippen LogP contribution in [0.25, 0.3) is 0 Å². The van der Waals surface area contributed by atoms with Gasteiger partial charge in [0.1, 0.15) is 17.6 Å². The van der Waals surface area contributed by atoms with E-state index < -0.39 is 23.3 Å². The summed E-state index contributed by atoms with van der Waals surface area (Å²) in [6.07, 6.45) is 7.35. The molecule has 4 N–H and O–H groups in total. The summed E-state index contributed by atoms with van der Waals surface area (Å²) in [7, 11) is 0. The van der Waals surface area contributed by atoms with Gasteiger partial charge in [-0.05, 0) is 52.2 Å². The van der Waals surface area contributed by atoms with Crippen LogP contribution in [0.15, 0.2) is 40.7 Å². The van der Waals surface area contributed by atoms with Gasteiger partial charge in [0.05, 0.1) is 19.2 Å². The van der Waals surface area contributed by atoms with E-state index in [2.05, 4.69) is 38.1 Å². The molecule has 0 aromatic heterocycles. The van der Waals surface area contributed by atoms with Gasteiger partial charge in [-0.25, -0.2) is 9.18 Å². The lowest BCUT2D eigenvalue weighted by molar-refractivity contribution is 0.0527. The van der Waals surface area contributed by atoms with E-state index in [4.69, 9.17) is 9.47 Å². The summed E-state index contributed by atoms with van der Waals surface area (Å²) < 4.78 is 40.1. The second kappa shape index (κ2) is 13.3. The molecule has 0 radical (unpaired) electrons. The summed E-state index contributed by atoms with van der Waals surface area (Å²) >= 11 is 0. The Labute approximate surface area is 235 Å². The molecule has 40 heavy (non-hydrogen) atoms. The first-order valence-corrected chi connectivity index (χ1v) is 14.2. The quantitative estimate of drug-likeness (QED) is 0.317. The Morgan fingerprint density at radius 1 is 1.20 bits per heavy atom. The third-order valence-electron chi connectivity index (χ3n) is 7.08. The lowest BCUT2D eigenvalue weighted by Crippen LogP contribution is -2.59. The van der Waals surface area contributed by atoms with Gasteiger partial charge in [-0.15, -0.1) is 0 Å². The predicted molar refractivity (Wildman–Crippen MR) is 153 cm³/mol. The molecule has 3 aliphatic heterocycles. The van der Waals surface area contributed by atoms with Crippen LogP contribution >= 0.6 is 0 Å². The first-order valence-electron chi connectivity index (χ1n) is 14.2. The number of nitrogens with one attached hydrogen (secondary N) is 4. The Bertz CT molecular complexity index is 1150. The molecule has 11 heteroatoms. The summed E-state index contributed by atoms with van der Waals surface area (Å²) in [5.41, 5.74) is 2.45. The highest BCUT2D eigenvalue weighted by Gasteiger charge is 2.33. The van der Waals surface area contributed by atoms with Crippen molar-refractivity contribution >= 4 is 17.6 Å². The molecule has 3 aliphatic rings. The number of amides is 1. The van der Waals surface area contributed by atoms with Crippen LogP contribution in [0.1, 0.15) is 59.8 Å². The second-order valence-corrected chi connectivity index (χ2v) is 11.3. The number of hydrogen-bond donors (Lipinski definition) is 4. The average Bonchev–Trinajstić information content (AvgIpc) is 2.92. The zero-order valence-electron chi connectivity index (χ0n) is 23.9. The number of ether oxygens (including phenoxy) is 2. The van der Waals surface area contributed by atoms with E-state index in [1.165, 1.54) is 17.3 Å². The first-order chi connectivity index (χ1) is 19.1. The topological polar surface area (TPSA) is 99.2 Å². The molecule has 4 rings (SSSR count). The maximum atomic E-state index is 14.6. The molecular formula is C29H42F2N6O3. The van der Waals surface area contributed by atoms with E-state index in [9.17, 15) is 13.6 Å². The van der Waals surface area contributed by atoms with Crippen LogP contribution in [0, 0.1) is 11.6 Å². The van der Waals surface area contributed by atoms with Crippen molar-refractivity contribution in [1.82, 2.24) is 21.3 Å². The molecule has 0 spiro atoms. The highest BCUT2D eigenvalue weighted by molar-refractivity contribution is 5.89. The molecule has 0 aliphatic carbocycles. The van der Waals surface area contributed by atoms with Gasteiger partial charge in [-0.2, -0.15) is 4.39 Å². The van der Waals surface area contributed by atoms with Gasteiger partial charge in [0.15, 0.2) is 11.6 Å². The van der Waals surface area contributed by atoms with Gasteiger partial charge in [0.25, 0.3) is 0 Å². The molecule has 220 valence electrons. The Balaban J connectivity index is 1.26. The maximum absolute atomic E-state index is 14.6. The van der Waals surface area contributed by atoms with E-state index in [0.29, 0.717) is 38.3 Å². The van der Waals surface area contributed by atoms with Gasteiger partial charge < -0.3 is 30.3 Å². The van der Waals surface area contributed by atoms with Gasteiger partial charge >= 0.3 is 6.09 Å². The summed E-state index contributed by atoms with van der Waals surface area (Å²) in [5.74, 6) is -1.08. The molecule has 1 amide bonds. The number of alkyl carbamates (subject to hydrolysis) is 1. The molecule has 3 heterocycles. The lowest BCUT2D eigenvalue weighted by atomic mass is 9.95. The molecule has 0 saturated carbocycles. The van der Waals surface area contributed by atoms with Crippen molar-refractivity contribution in [1.29, 1.82) is 0 Å². The summed E-state index contributed by atoms with van der Waals surface area (Å²) in [6, 6.07) is 2.85. The first kappa shape index (κ1) is 29.6. The molecule has 0 saturated heterocycles. The third-order valence-corrected chi connectivity index (χ3v) is 7.08. The fraction of sp³-hybridized carbons (Fsp3) is 0.586. The zero-order chi connectivity index (χ0) is 28.7. The normalized spacial score (nSPS) is 20.8. The fourth-order valence-corrected chi connectivity index (χ4v) is 5.06. The second-order valence-electron chi connectivity index (χ2n) is 11.3.